The van der Waals surface area contributed by atoms with Gasteiger partial charge in [-0.15, -0.1) is 11.3 Å². The highest BCUT2D eigenvalue weighted by Crippen LogP contribution is 2.21. The molecule has 1 fully saturated rings. The largest absolute Gasteiger partial charge is 0.288 e. The van der Waals surface area contributed by atoms with Crippen LogP contribution in [-0.2, 0) is 9.59 Å². The molecule has 1 aromatic rings. The summed E-state index contributed by atoms with van der Waals surface area (Å²) in [5, 5.41) is 2.11. The quantitative estimate of drug-likeness (QED) is 0.372. The second-order valence-electron chi connectivity index (χ2n) is 4.57. The number of amides is 2. The summed E-state index contributed by atoms with van der Waals surface area (Å²) in [6.07, 6.45) is 1.61. The maximum absolute atomic E-state index is 12.4. The minimum Gasteiger partial charge on any atom is -0.288 e. The van der Waals surface area contributed by atoms with Gasteiger partial charge in [0, 0.05) is 18.5 Å². The van der Waals surface area contributed by atoms with Crippen molar-refractivity contribution in [2.45, 2.75) is 6.92 Å². The second kappa shape index (κ2) is 5.68. The zero-order chi connectivity index (χ0) is 14.9. The fraction of sp³-hybridized carbons (Fsp3) is 0.214. The van der Waals surface area contributed by atoms with Crippen LogP contribution in [0.5, 0.6) is 0 Å². The molecule has 1 aliphatic heterocycles. The first-order valence-electron chi connectivity index (χ1n) is 5.95. The van der Waals surface area contributed by atoms with Crippen molar-refractivity contribution in [2.24, 2.45) is 0 Å². The molecule has 2 amide bonds. The van der Waals surface area contributed by atoms with Crippen LogP contribution in [0.2, 0.25) is 0 Å². The predicted octanol–water partition coefficient (Wildman–Crippen LogP) is 2.29. The molecule has 0 aliphatic carbocycles. The monoisotopic (exact) mass is 306 g/mol. The molecule has 0 radical (unpaired) electrons. The lowest BCUT2D eigenvalue weighted by atomic mass is 10.1. The number of hydrogen-bond acceptors (Lipinski definition) is 4. The molecule has 1 aliphatic rings. The molecule has 4 nitrogen and oxygen atoms in total. The van der Waals surface area contributed by atoms with Crippen molar-refractivity contribution < 1.29 is 9.59 Å². The van der Waals surface area contributed by atoms with E-state index in [0.29, 0.717) is 6.54 Å². The minimum atomic E-state index is -0.369. The number of rotatable bonds is 3. The summed E-state index contributed by atoms with van der Waals surface area (Å²) in [5.41, 5.74) is 0.934. The van der Waals surface area contributed by atoms with Gasteiger partial charge < -0.3 is 0 Å². The van der Waals surface area contributed by atoms with Crippen molar-refractivity contribution in [3.8, 4) is 0 Å². The van der Waals surface area contributed by atoms with Crippen molar-refractivity contribution in [2.75, 3.05) is 13.6 Å². The molecule has 2 heterocycles. The van der Waals surface area contributed by atoms with E-state index in [2.05, 4.69) is 6.58 Å². The van der Waals surface area contributed by atoms with Crippen LogP contribution in [0, 0.1) is 0 Å². The molecule has 0 aromatic carbocycles. The van der Waals surface area contributed by atoms with Gasteiger partial charge in [-0.3, -0.25) is 19.4 Å². The summed E-state index contributed by atoms with van der Waals surface area (Å²) in [6.45, 7) is 5.92. The standard InChI is InChI=1S/C14H14N2O2S2/c1-9(2)8-16-13(18)11(7-10-5-4-6-20-10)12(17)15(3)14(16)19/h4-7H,1,8H2,2-3H3. The maximum atomic E-state index is 12.4. The fourth-order valence-corrected chi connectivity index (χ4v) is 2.71. The molecule has 0 unspecified atom stereocenters. The second-order valence-corrected chi connectivity index (χ2v) is 5.91. The highest BCUT2D eigenvalue weighted by molar-refractivity contribution is 7.80. The van der Waals surface area contributed by atoms with Crippen LogP contribution >= 0.6 is 23.6 Å². The molecule has 2 rings (SSSR count). The van der Waals surface area contributed by atoms with Gasteiger partial charge in [-0.2, -0.15) is 0 Å². The molecule has 0 saturated carbocycles. The zero-order valence-corrected chi connectivity index (χ0v) is 12.9. The molecule has 0 spiro atoms. The van der Waals surface area contributed by atoms with Gasteiger partial charge in [0.15, 0.2) is 5.11 Å². The lowest BCUT2D eigenvalue weighted by molar-refractivity contribution is -0.132. The van der Waals surface area contributed by atoms with Crippen LogP contribution in [-0.4, -0.2) is 40.3 Å². The minimum absolute atomic E-state index is 0.129. The zero-order valence-electron chi connectivity index (χ0n) is 11.3. The molecular weight excluding hydrogens is 292 g/mol. The lowest BCUT2D eigenvalue weighted by Gasteiger charge is -2.34. The maximum Gasteiger partial charge on any atom is 0.266 e. The third kappa shape index (κ3) is 2.71. The Kier molecular flexibility index (Phi) is 4.15. The van der Waals surface area contributed by atoms with E-state index in [4.69, 9.17) is 12.2 Å². The first-order chi connectivity index (χ1) is 9.41. The SMILES string of the molecule is C=C(C)CN1C(=O)C(=Cc2cccs2)C(=O)N(C)C1=S. The van der Waals surface area contributed by atoms with Crippen LogP contribution in [0.1, 0.15) is 11.8 Å². The Labute approximate surface area is 127 Å². The Bertz CT molecular complexity index is 617. The van der Waals surface area contributed by atoms with Crippen LogP contribution in [0.25, 0.3) is 6.08 Å². The Morgan fingerprint density at radius 2 is 2.15 bits per heavy atom. The Balaban J connectivity index is 2.41. The van der Waals surface area contributed by atoms with E-state index < -0.39 is 0 Å². The van der Waals surface area contributed by atoms with Crippen molar-refractivity contribution in [1.82, 2.24) is 9.80 Å². The van der Waals surface area contributed by atoms with E-state index in [1.807, 2.05) is 24.4 Å². The van der Waals surface area contributed by atoms with Crippen LogP contribution in [0.3, 0.4) is 0 Å². The van der Waals surface area contributed by atoms with Crippen LogP contribution < -0.4 is 0 Å². The Hall–Kier alpha value is -1.79. The van der Waals surface area contributed by atoms with E-state index in [1.54, 1.807) is 13.1 Å². The highest BCUT2D eigenvalue weighted by atomic mass is 32.1. The lowest BCUT2D eigenvalue weighted by Crippen LogP contribution is -2.54. The summed E-state index contributed by atoms with van der Waals surface area (Å²) < 4.78 is 0. The number of likely N-dealkylation sites (N-methyl/N-ethyl adjacent to an activating group) is 1. The van der Waals surface area contributed by atoms with E-state index in [1.165, 1.54) is 21.1 Å². The molecule has 20 heavy (non-hydrogen) atoms. The molecule has 104 valence electrons. The van der Waals surface area contributed by atoms with Gasteiger partial charge in [0.25, 0.3) is 11.8 Å². The summed E-state index contributed by atoms with van der Waals surface area (Å²) in [7, 11) is 1.57. The van der Waals surface area contributed by atoms with E-state index >= 15 is 0 Å². The van der Waals surface area contributed by atoms with Crippen LogP contribution in [0.4, 0.5) is 0 Å². The first kappa shape index (κ1) is 14.6. The number of carbonyl (C=O) groups excluding carboxylic acids is 2. The van der Waals surface area contributed by atoms with E-state index in [-0.39, 0.29) is 22.5 Å². The molecule has 1 saturated heterocycles. The third-order valence-electron chi connectivity index (χ3n) is 2.79. The molecule has 1 aromatic heterocycles. The van der Waals surface area contributed by atoms with Gasteiger partial charge in [0.2, 0.25) is 0 Å². The first-order valence-corrected chi connectivity index (χ1v) is 7.24. The summed E-state index contributed by atoms with van der Waals surface area (Å²) in [6, 6.07) is 3.73. The summed E-state index contributed by atoms with van der Waals surface area (Å²) in [5.74, 6) is -0.735. The third-order valence-corrected chi connectivity index (χ3v) is 4.10. The van der Waals surface area contributed by atoms with Gasteiger partial charge in [0.05, 0.1) is 0 Å². The van der Waals surface area contributed by atoms with E-state index in [0.717, 1.165) is 10.5 Å². The Morgan fingerprint density at radius 3 is 2.70 bits per heavy atom. The summed E-state index contributed by atoms with van der Waals surface area (Å²) >= 11 is 6.64. The number of thiophene rings is 1. The van der Waals surface area contributed by atoms with Crippen molar-refractivity contribution >= 4 is 46.6 Å². The van der Waals surface area contributed by atoms with Gasteiger partial charge in [0.1, 0.15) is 5.57 Å². The predicted molar refractivity (Wildman–Crippen MR) is 84.2 cm³/mol. The van der Waals surface area contributed by atoms with Gasteiger partial charge in [-0.05, 0) is 36.7 Å². The molecule has 0 N–H and O–H groups in total. The molecular formula is C14H14N2O2S2. The van der Waals surface area contributed by atoms with Gasteiger partial charge in [-0.1, -0.05) is 18.2 Å². The molecule has 0 bridgehead atoms. The van der Waals surface area contributed by atoms with Crippen molar-refractivity contribution in [1.29, 1.82) is 0 Å². The van der Waals surface area contributed by atoms with Crippen molar-refractivity contribution in [3.05, 3.63) is 40.1 Å². The highest BCUT2D eigenvalue weighted by Gasteiger charge is 2.37. The van der Waals surface area contributed by atoms with Gasteiger partial charge >= 0.3 is 0 Å². The number of thiocarbonyl (C=S) groups is 1. The van der Waals surface area contributed by atoms with Crippen LogP contribution in [0.15, 0.2) is 35.2 Å². The average molecular weight is 306 g/mol. The van der Waals surface area contributed by atoms with E-state index in [9.17, 15) is 9.59 Å². The molecule has 0 atom stereocenters. The Morgan fingerprint density at radius 1 is 1.45 bits per heavy atom. The number of nitrogens with zero attached hydrogens (tertiary/aromatic N) is 2. The molecule has 6 heteroatoms. The number of carbonyl (C=O) groups is 2. The summed E-state index contributed by atoms with van der Waals surface area (Å²) in [4.78, 5) is 28.2. The average Bonchev–Trinajstić information content (AvgIpc) is 2.90. The fourth-order valence-electron chi connectivity index (χ4n) is 1.82. The topological polar surface area (TPSA) is 40.6 Å². The smallest absolute Gasteiger partial charge is 0.266 e. The van der Waals surface area contributed by atoms with Gasteiger partial charge in [-0.25, -0.2) is 0 Å². The van der Waals surface area contributed by atoms with Crippen molar-refractivity contribution in [3.63, 3.8) is 0 Å². The normalized spacial score (nSPS) is 18.1. The number of hydrogen-bond donors (Lipinski definition) is 0.